The molecule has 2 heterocycles. The molecule has 0 radical (unpaired) electrons. The maximum absolute atomic E-state index is 13.3. The van der Waals surface area contributed by atoms with Crippen molar-refractivity contribution in [2.45, 2.75) is 19.4 Å². The zero-order chi connectivity index (χ0) is 22.5. The Kier molecular flexibility index (Phi) is 6.23. The molecule has 8 heteroatoms. The number of anilines is 2. The molecule has 0 unspecified atom stereocenters. The van der Waals surface area contributed by atoms with Gasteiger partial charge in [-0.05, 0) is 30.5 Å². The molecule has 0 atom stereocenters. The molecule has 8 nitrogen and oxygen atoms in total. The molecule has 0 amide bonds. The first-order valence-electron chi connectivity index (χ1n) is 10.2. The molecule has 0 fully saturated rings. The first-order valence-corrected chi connectivity index (χ1v) is 10.2. The summed E-state index contributed by atoms with van der Waals surface area (Å²) < 4.78 is 6.12. The number of rotatable bonds is 8. The molecular formula is C24H23N5O3. The van der Waals surface area contributed by atoms with Crippen LogP contribution in [0.1, 0.15) is 24.2 Å². The molecule has 0 saturated heterocycles. The van der Waals surface area contributed by atoms with Crippen LogP contribution in [0.4, 0.5) is 11.6 Å². The third-order valence-corrected chi connectivity index (χ3v) is 5.11. The lowest BCUT2D eigenvalue weighted by molar-refractivity contribution is 0.291. The number of nitrogens with one attached hydrogen (secondary N) is 2. The lowest BCUT2D eigenvalue weighted by Gasteiger charge is -2.15. The molecule has 2 aromatic carbocycles. The Hall–Kier alpha value is -4.04. The SMILES string of the molecule is N=C(CCCO)c1c(N)ncnc1NCc1oc2ccccc2c(=O)c1-c1ccccc1. The van der Waals surface area contributed by atoms with E-state index in [1.807, 2.05) is 36.4 Å². The van der Waals surface area contributed by atoms with Crippen molar-refractivity contribution in [2.75, 3.05) is 17.7 Å². The average Bonchev–Trinajstić information content (AvgIpc) is 2.82. The van der Waals surface area contributed by atoms with Gasteiger partial charge in [0, 0.05) is 12.3 Å². The van der Waals surface area contributed by atoms with Crippen LogP contribution in [0.25, 0.3) is 22.1 Å². The van der Waals surface area contributed by atoms with Crippen molar-refractivity contribution >= 4 is 28.3 Å². The Bertz CT molecular complexity index is 1320. The predicted molar refractivity (Wildman–Crippen MR) is 125 cm³/mol. The zero-order valence-electron chi connectivity index (χ0n) is 17.3. The molecule has 4 aromatic rings. The van der Waals surface area contributed by atoms with Crippen molar-refractivity contribution in [3.63, 3.8) is 0 Å². The van der Waals surface area contributed by atoms with Crippen molar-refractivity contribution in [2.24, 2.45) is 0 Å². The van der Waals surface area contributed by atoms with Gasteiger partial charge >= 0.3 is 0 Å². The van der Waals surface area contributed by atoms with Crippen LogP contribution in [0, 0.1) is 5.41 Å². The zero-order valence-corrected chi connectivity index (χ0v) is 17.3. The van der Waals surface area contributed by atoms with Crippen LogP contribution in [0.15, 0.2) is 70.1 Å². The standard InChI is InChI=1S/C24H23N5O3/c25-17(10-6-12-30)21-23(26)28-14-29-24(21)27-13-19-20(15-7-2-1-3-8-15)22(31)16-9-4-5-11-18(16)32-19/h1-5,7-9,11,14,25,30H,6,10,12-13H2,(H3,26,27,28,29). The summed E-state index contributed by atoms with van der Waals surface area (Å²) in [6.07, 6.45) is 2.09. The van der Waals surface area contributed by atoms with Crippen LogP contribution in [0.3, 0.4) is 0 Å². The van der Waals surface area contributed by atoms with Crippen LogP contribution < -0.4 is 16.5 Å². The lowest BCUT2D eigenvalue weighted by atomic mass is 10.0. The number of aliphatic hydroxyl groups excluding tert-OH is 1. The Morgan fingerprint density at radius 3 is 2.62 bits per heavy atom. The Balaban J connectivity index is 1.76. The summed E-state index contributed by atoms with van der Waals surface area (Å²) in [4.78, 5) is 21.6. The molecule has 4 rings (SSSR count). The fraction of sp³-hybridized carbons (Fsp3) is 0.167. The highest BCUT2D eigenvalue weighted by Crippen LogP contribution is 2.26. The Morgan fingerprint density at radius 2 is 1.84 bits per heavy atom. The van der Waals surface area contributed by atoms with Gasteiger partial charge in [-0.1, -0.05) is 42.5 Å². The van der Waals surface area contributed by atoms with Crippen molar-refractivity contribution in [3.8, 4) is 11.1 Å². The molecule has 0 aliphatic rings. The number of benzene rings is 2. The minimum Gasteiger partial charge on any atom is -0.458 e. The summed E-state index contributed by atoms with van der Waals surface area (Å²) in [6, 6.07) is 16.5. The van der Waals surface area contributed by atoms with Crippen LogP contribution in [0.5, 0.6) is 0 Å². The van der Waals surface area contributed by atoms with E-state index in [-0.39, 0.29) is 30.1 Å². The Labute approximate surface area is 184 Å². The highest BCUT2D eigenvalue weighted by atomic mass is 16.3. The van der Waals surface area contributed by atoms with Crippen molar-refractivity contribution in [1.29, 1.82) is 5.41 Å². The number of nitrogens with zero attached hydrogens (tertiary/aromatic N) is 2. The lowest BCUT2D eigenvalue weighted by Crippen LogP contribution is -2.15. The van der Waals surface area contributed by atoms with Gasteiger partial charge in [0.15, 0.2) is 0 Å². The Morgan fingerprint density at radius 1 is 1.09 bits per heavy atom. The largest absolute Gasteiger partial charge is 0.458 e. The van der Waals surface area contributed by atoms with Gasteiger partial charge in [0.25, 0.3) is 0 Å². The van der Waals surface area contributed by atoms with E-state index in [1.165, 1.54) is 6.33 Å². The molecule has 162 valence electrons. The third kappa shape index (κ3) is 4.21. The summed E-state index contributed by atoms with van der Waals surface area (Å²) in [5, 5.41) is 21.1. The average molecular weight is 429 g/mol. The summed E-state index contributed by atoms with van der Waals surface area (Å²) >= 11 is 0. The summed E-state index contributed by atoms with van der Waals surface area (Å²) in [5.74, 6) is 0.994. The molecule has 0 aliphatic carbocycles. The predicted octanol–water partition coefficient (Wildman–Crippen LogP) is 3.58. The maximum Gasteiger partial charge on any atom is 0.200 e. The van der Waals surface area contributed by atoms with E-state index in [0.717, 1.165) is 5.56 Å². The molecule has 0 bridgehead atoms. The van der Waals surface area contributed by atoms with Gasteiger partial charge in [-0.3, -0.25) is 4.79 Å². The van der Waals surface area contributed by atoms with Crippen LogP contribution in [-0.2, 0) is 6.54 Å². The highest BCUT2D eigenvalue weighted by molar-refractivity contribution is 6.05. The van der Waals surface area contributed by atoms with E-state index in [4.69, 9.17) is 20.7 Å². The number of nitrogen functional groups attached to an aromatic ring is 1. The minimum atomic E-state index is -0.118. The van der Waals surface area contributed by atoms with Crippen LogP contribution in [-0.4, -0.2) is 27.4 Å². The summed E-state index contributed by atoms with van der Waals surface area (Å²) in [7, 11) is 0. The first kappa shape index (κ1) is 21.2. The van der Waals surface area contributed by atoms with Gasteiger partial charge in [-0.25, -0.2) is 9.97 Å². The number of aliphatic hydroxyl groups is 1. The smallest absolute Gasteiger partial charge is 0.200 e. The first-order chi connectivity index (χ1) is 15.6. The monoisotopic (exact) mass is 429 g/mol. The normalized spacial score (nSPS) is 10.9. The van der Waals surface area contributed by atoms with E-state index in [0.29, 0.717) is 46.5 Å². The van der Waals surface area contributed by atoms with Crippen molar-refractivity contribution in [3.05, 3.63) is 82.5 Å². The molecular weight excluding hydrogens is 406 g/mol. The molecule has 2 aromatic heterocycles. The fourth-order valence-electron chi connectivity index (χ4n) is 3.59. The number of nitrogens with two attached hydrogens (primary N) is 1. The summed E-state index contributed by atoms with van der Waals surface area (Å²) in [5.41, 5.74) is 8.21. The highest BCUT2D eigenvalue weighted by Gasteiger charge is 2.18. The van der Waals surface area contributed by atoms with Gasteiger partial charge in [0.05, 0.1) is 23.1 Å². The molecule has 5 N–H and O–H groups in total. The van der Waals surface area contributed by atoms with Gasteiger partial charge in [0.1, 0.15) is 29.3 Å². The van der Waals surface area contributed by atoms with Crippen LogP contribution >= 0.6 is 0 Å². The molecule has 0 aliphatic heterocycles. The third-order valence-electron chi connectivity index (χ3n) is 5.11. The van der Waals surface area contributed by atoms with Crippen LogP contribution in [0.2, 0.25) is 0 Å². The number of hydrogen-bond donors (Lipinski definition) is 4. The van der Waals surface area contributed by atoms with Crippen molar-refractivity contribution < 1.29 is 9.52 Å². The van der Waals surface area contributed by atoms with Gasteiger partial charge < -0.3 is 26.0 Å². The maximum atomic E-state index is 13.3. The fourth-order valence-corrected chi connectivity index (χ4v) is 3.59. The van der Waals surface area contributed by atoms with E-state index in [1.54, 1.807) is 18.2 Å². The van der Waals surface area contributed by atoms with E-state index in [9.17, 15) is 4.79 Å². The van der Waals surface area contributed by atoms with E-state index < -0.39 is 0 Å². The second kappa shape index (κ2) is 9.40. The van der Waals surface area contributed by atoms with E-state index >= 15 is 0 Å². The minimum absolute atomic E-state index is 0.0264. The second-order valence-electron chi connectivity index (χ2n) is 7.23. The quantitative estimate of drug-likeness (QED) is 0.314. The number of hydrogen-bond acceptors (Lipinski definition) is 8. The molecule has 32 heavy (non-hydrogen) atoms. The van der Waals surface area contributed by atoms with Gasteiger partial charge in [0.2, 0.25) is 5.43 Å². The summed E-state index contributed by atoms with van der Waals surface area (Å²) in [6.45, 7) is 0.127. The second-order valence-corrected chi connectivity index (χ2v) is 7.23. The molecule has 0 spiro atoms. The molecule has 0 saturated carbocycles. The number of aromatic nitrogens is 2. The topological polar surface area (TPSA) is 138 Å². The number of fused-ring (bicyclic) bond motifs is 1. The van der Waals surface area contributed by atoms with Crippen molar-refractivity contribution in [1.82, 2.24) is 9.97 Å². The number of para-hydroxylation sites is 1. The van der Waals surface area contributed by atoms with E-state index in [2.05, 4.69) is 15.3 Å². The van der Waals surface area contributed by atoms with Gasteiger partial charge in [-0.2, -0.15) is 0 Å². The van der Waals surface area contributed by atoms with Gasteiger partial charge in [-0.15, -0.1) is 0 Å².